The number of carbonyl (C=O) groups is 1. The van der Waals surface area contributed by atoms with E-state index in [2.05, 4.69) is 18.8 Å². The number of pyridine rings is 1. The van der Waals surface area contributed by atoms with Crippen molar-refractivity contribution in [2.24, 2.45) is 0 Å². The van der Waals surface area contributed by atoms with Crippen LogP contribution in [0.5, 0.6) is 0 Å². The van der Waals surface area contributed by atoms with Crippen LogP contribution in [0, 0.1) is 6.92 Å². The van der Waals surface area contributed by atoms with Crippen molar-refractivity contribution in [1.29, 1.82) is 0 Å². The van der Waals surface area contributed by atoms with Crippen molar-refractivity contribution in [2.45, 2.75) is 33.6 Å². The van der Waals surface area contributed by atoms with Crippen molar-refractivity contribution >= 4 is 23.2 Å². The summed E-state index contributed by atoms with van der Waals surface area (Å²) in [6.07, 6.45) is 3.71. The lowest BCUT2D eigenvalue weighted by atomic mass is 10.2. The van der Waals surface area contributed by atoms with E-state index in [1.807, 2.05) is 16.2 Å². The van der Waals surface area contributed by atoms with Crippen LogP contribution in [0.2, 0.25) is 5.02 Å². The van der Waals surface area contributed by atoms with E-state index >= 15 is 0 Å². The summed E-state index contributed by atoms with van der Waals surface area (Å²) >= 11 is 5.97. The van der Waals surface area contributed by atoms with E-state index in [1.165, 1.54) is 0 Å². The average molecular weight is 294 g/mol. The van der Waals surface area contributed by atoms with Crippen LogP contribution >= 0.6 is 11.6 Å². The zero-order chi connectivity index (χ0) is 14.7. The Morgan fingerprint density at radius 3 is 2.60 bits per heavy atom. The van der Waals surface area contributed by atoms with Crippen LogP contribution in [0.15, 0.2) is 18.3 Å². The molecule has 0 radical (unpaired) electrons. The first-order chi connectivity index (χ1) is 9.58. The maximum atomic E-state index is 12.7. The van der Waals surface area contributed by atoms with Crippen molar-refractivity contribution in [3.63, 3.8) is 0 Å². The Labute approximate surface area is 124 Å². The Morgan fingerprint density at radius 2 is 2.00 bits per heavy atom. The van der Waals surface area contributed by atoms with Crippen LogP contribution < -0.4 is 0 Å². The molecule has 0 spiro atoms. The minimum absolute atomic E-state index is 0.0426. The van der Waals surface area contributed by atoms with Crippen LogP contribution in [0.3, 0.4) is 0 Å². The van der Waals surface area contributed by atoms with Gasteiger partial charge in [0.25, 0.3) is 5.91 Å². The second-order valence-corrected chi connectivity index (χ2v) is 5.35. The van der Waals surface area contributed by atoms with Gasteiger partial charge in [0.1, 0.15) is 11.3 Å². The number of aryl methyl sites for hydroxylation is 1. The lowest BCUT2D eigenvalue weighted by Gasteiger charge is -2.21. The largest absolute Gasteiger partial charge is 0.337 e. The monoisotopic (exact) mass is 293 g/mol. The Morgan fingerprint density at radius 1 is 1.35 bits per heavy atom. The van der Waals surface area contributed by atoms with Gasteiger partial charge in [0, 0.05) is 30.4 Å². The topological polar surface area (TPSA) is 37.6 Å². The minimum Gasteiger partial charge on any atom is -0.337 e. The summed E-state index contributed by atoms with van der Waals surface area (Å²) in [5, 5.41) is 0.625. The molecular weight excluding hydrogens is 274 g/mol. The van der Waals surface area contributed by atoms with Gasteiger partial charge < -0.3 is 4.90 Å². The molecule has 5 heteroatoms. The van der Waals surface area contributed by atoms with Gasteiger partial charge in [-0.15, -0.1) is 0 Å². The predicted octanol–water partition coefficient (Wildman–Crippen LogP) is 3.56. The van der Waals surface area contributed by atoms with E-state index in [1.54, 1.807) is 18.3 Å². The van der Waals surface area contributed by atoms with Crippen LogP contribution in [0.1, 0.15) is 42.9 Å². The number of halogens is 1. The number of hydrogen-bond acceptors (Lipinski definition) is 2. The molecule has 2 aromatic heterocycles. The van der Waals surface area contributed by atoms with Crippen molar-refractivity contribution in [1.82, 2.24) is 14.3 Å². The first kappa shape index (κ1) is 14.9. The number of fused-ring (bicyclic) bond motifs is 1. The maximum Gasteiger partial charge on any atom is 0.272 e. The van der Waals surface area contributed by atoms with E-state index < -0.39 is 0 Å². The Balaban J connectivity index is 2.45. The number of hydrogen-bond donors (Lipinski definition) is 0. The zero-order valence-corrected chi connectivity index (χ0v) is 12.9. The van der Waals surface area contributed by atoms with Gasteiger partial charge in [-0.1, -0.05) is 25.4 Å². The van der Waals surface area contributed by atoms with Crippen molar-refractivity contribution in [2.75, 3.05) is 13.1 Å². The first-order valence-electron chi connectivity index (χ1n) is 7.02. The fourth-order valence-corrected chi connectivity index (χ4v) is 2.55. The van der Waals surface area contributed by atoms with Crippen molar-refractivity contribution in [3.8, 4) is 0 Å². The number of carbonyl (C=O) groups excluding carboxylic acids is 1. The summed E-state index contributed by atoms with van der Waals surface area (Å²) in [5.41, 5.74) is 2.10. The summed E-state index contributed by atoms with van der Waals surface area (Å²) in [5.74, 6) is 0.0426. The van der Waals surface area contributed by atoms with Crippen LogP contribution in [-0.2, 0) is 0 Å². The number of amides is 1. The molecule has 0 aliphatic heterocycles. The molecule has 2 rings (SSSR count). The third-order valence-electron chi connectivity index (χ3n) is 3.24. The molecule has 4 nitrogen and oxygen atoms in total. The van der Waals surface area contributed by atoms with Crippen LogP contribution in [-0.4, -0.2) is 33.3 Å². The maximum absolute atomic E-state index is 12.7. The Bertz CT molecular complexity index is 615. The van der Waals surface area contributed by atoms with Gasteiger partial charge in [-0.2, -0.15) is 0 Å². The highest BCUT2D eigenvalue weighted by Gasteiger charge is 2.21. The summed E-state index contributed by atoms with van der Waals surface area (Å²) in [6.45, 7) is 7.57. The smallest absolute Gasteiger partial charge is 0.272 e. The number of imidazole rings is 1. The molecular formula is C15H20ClN3O. The molecule has 2 aromatic rings. The highest BCUT2D eigenvalue weighted by molar-refractivity contribution is 6.30. The van der Waals surface area contributed by atoms with E-state index in [9.17, 15) is 4.79 Å². The molecule has 2 heterocycles. The quantitative estimate of drug-likeness (QED) is 0.845. The summed E-state index contributed by atoms with van der Waals surface area (Å²) < 4.78 is 1.82. The molecule has 0 aliphatic rings. The molecule has 0 unspecified atom stereocenters. The fraction of sp³-hybridized carbons (Fsp3) is 0.467. The van der Waals surface area contributed by atoms with Gasteiger partial charge >= 0.3 is 0 Å². The van der Waals surface area contributed by atoms with Gasteiger partial charge in [-0.25, -0.2) is 4.98 Å². The van der Waals surface area contributed by atoms with Crippen molar-refractivity contribution < 1.29 is 4.79 Å². The van der Waals surface area contributed by atoms with Gasteiger partial charge in [0.2, 0.25) is 0 Å². The van der Waals surface area contributed by atoms with Gasteiger partial charge in [0.15, 0.2) is 0 Å². The predicted molar refractivity (Wildman–Crippen MR) is 81.4 cm³/mol. The molecule has 0 saturated heterocycles. The molecule has 0 N–H and O–H groups in total. The molecule has 0 bridgehead atoms. The van der Waals surface area contributed by atoms with E-state index in [0.717, 1.165) is 31.6 Å². The Kier molecular flexibility index (Phi) is 4.65. The Hall–Kier alpha value is -1.55. The molecule has 0 aromatic carbocycles. The number of nitrogens with zero attached hydrogens (tertiary/aromatic N) is 3. The minimum atomic E-state index is 0.0426. The van der Waals surface area contributed by atoms with Gasteiger partial charge in [0.05, 0.1) is 5.69 Å². The second kappa shape index (κ2) is 6.27. The molecule has 0 saturated carbocycles. The third-order valence-corrected chi connectivity index (χ3v) is 3.47. The first-order valence-corrected chi connectivity index (χ1v) is 7.39. The number of rotatable bonds is 5. The average Bonchev–Trinajstić information content (AvgIpc) is 2.72. The SMILES string of the molecule is CCCN(CCC)C(=O)c1c(C)nc2cc(Cl)ccn12. The molecule has 108 valence electrons. The van der Waals surface area contributed by atoms with Gasteiger partial charge in [-0.3, -0.25) is 9.20 Å². The van der Waals surface area contributed by atoms with Crippen molar-refractivity contribution in [3.05, 3.63) is 34.7 Å². The molecule has 1 amide bonds. The molecule has 20 heavy (non-hydrogen) atoms. The zero-order valence-electron chi connectivity index (χ0n) is 12.2. The van der Waals surface area contributed by atoms with Gasteiger partial charge in [-0.05, 0) is 25.8 Å². The summed E-state index contributed by atoms with van der Waals surface area (Å²) in [7, 11) is 0. The fourth-order valence-electron chi connectivity index (χ4n) is 2.40. The third kappa shape index (κ3) is 2.80. The standard InChI is InChI=1S/C15H20ClN3O/c1-4-7-18(8-5-2)15(20)14-11(3)17-13-10-12(16)6-9-19(13)14/h6,9-10H,4-5,7-8H2,1-3H3. The van der Waals surface area contributed by atoms with E-state index in [0.29, 0.717) is 16.4 Å². The van der Waals surface area contributed by atoms with Crippen LogP contribution in [0.4, 0.5) is 0 Å². The van der Waals surface area contributed by atoms with E-state index in [4.69, 9.17) is 11.6 Å². The second-order valence-electron chi connectivity index (χ2n) is 4.91. The highest BCUT2D eigenvalue weighted by atomic mass is 35.5. The molecule has 0 aliphatic carbocycles. The summed E-state index contributed by atoms with van der Waals surface area (Å²) in [6, 6.07) is 3.55. The van der Waals surface area contributed by atoms with E-state index in [-0.39, 0.29) is 5.91 Å². The molecule has 0 fully saturated rings. The van der Waals surface area contributed by atoms with Crippen LogP contribution in [0.25, 0.3) is 5.65 Å². The summed E-state index contributed by atoms with van der Waals surface area (Å²) in [4.78, 5) is 19.1. The lowest BCUT2D eigenvalue weighted by molar-refractivity contribution is 0.0748. The highest BCUT2D eigenvalue weighted by Crippen LogP contribution is 2.18. The lowest BCUT2D eigenvalue weighted by Crippen LogP contribution is -2.33. The number of aromatic nitrogens is 2. The molecule has 0 atom stereocenters. The normalized spacial score (nSPS) is 11.0.